The van der Waals surface area contributed by atoms with Crippen molar-refractivity contribution in [3.05, 3.63) is 44.2 Å². The van der Waals surface area contributed by atoms with E-state index in [2.05, 4.69) is 21.2 Å². The van der Waals surface area contributed by atoms with Gasteiger partial charge in [0.15, 0.2) is 0 Å². The van der Waals surface area contributed by atoms with Crippen LogP contribution in [-0.4, -0.2) is 7.11 Å². The van der Waals surface area contributed by atoms with Crippen LogP contribution in [0.25, 0.3) is 0 Å². The summed E-state index contributed by atoms with van der Waals surface area (Å²) < 4.78 is 20.0. The lowest BCUT2D eigenvalue weighted by atomic mass is 10.2. The van der Waals surface area contributed by atoms with Gasteiger partial charge in [-0.15, -0.1) is 0 Å². The fourth-order valence-electron chi connectivity index (χ4n) is 1.57. The number of hydrogen-bond donors (Lipinski definition) is 2. The first kappa shape index (κ1) is 14.4. The Bertz CT molecular complexity index is 622. The van der Waals surface area contributed by atoms with Gasteiger partial charge in [0.1, 0.15) is 11.6 Å². The molecule has 2 aromatic rings. The number of nitrogen functional groups attached to an aromatic ring is 1. The molecule has 0 aliphatic rings. The minimum absolute atomic E-state index is 0.301. The lowest BCUT2D eigenvalue weighted by molar-refractivity contribution is 0.412. The minimum atomic E-state index is -0.301. The number of benzene rings is 2. The minimum Gasteiger partial charge on any atom is -0.496 e. The second-order valence-corrected chi connectivity index (χ2v) is 5.84. The third-order valence-electron chi connectivity index (χ3n) is 2.52. The van der Waals surface area contributed by atoms with Crippen molar-refractivity contribution in [1.29, 1.82) is 0 Å². The molecule has 2 rings (SSSR count). The van der Waals surface area contributed by atoms with E-state index >= 15 is 0 Å². The van der Waals surface area contributed by atoms with Crippen LogP contribution in [0.5, 0.6) is 5.75 Å². The Hall–Kier alpha value is -1.02. The van der Waals surface area contributed by atoms with Crippen LogP contribution in [0.1, 0.15) is 0 Å². The quantitative estimate of drug-likeness (QED) is 0.549. The van der Waals surface area contributed by atoms with Gasteiger partial charge in [-0.05, 0) is 62.8 Å². The van der Waals surface area contributed by atoms with Gasteiger partial charge in [-0.1, -0.05) is 0 Å². The van der Waals surface area contributed by atoms with E-state index < -0.39 is 0 Å². The van der Waals surface area contributed by atoms with Crippen LogP contribution < -0.4 is 15.8 Å². The molecule has 0 atom stereocenters. The van der Waals surface area contributed by atoms with Crippen LogP contribution in [0.15, 0.2) is 34.8 Å². The molecule has 0 aromatic heterocycles. The second-order valence-electron chi connectivity index (χ2n) is 3.83. The van der Waals surface area contributed by atoms with E-state index in [0.717, 1.165) is 15.9 Å². The van der Waals surface area contributed by atoms with Crippen LogP contribution in [0.3, 0.4) is 0 Å². The molecule has 0 amide bonds. The van der Waals surface area contributed by atoms with Crippen molar-refractivity contribution in [3.63, 3.8) is 0 Å². The maximum atomic E-state index is 13.5. The van der Waals surface area contributed by atoms with Crippen molar-refractivity contribution in [1.82, 2.24) is 0 Å². The van der Waals surface area contributed by atoms with Crippen molar-refractivity contribution >= 4 is 55.6 Å². The summed E-state index contributed by atoms with van der Waals surface area (Å²) in [4.78, 5) is 0. The summed E-state index contributed by atoms with van der Waals surface area (Å²) in [6.45, 7) is 0. The molecule has 0 saturated carbocycles. The number of nitrogens with one attached hydrogen (secondary N) is 1. The van der Waals surface area contributed by atoms with Crippen molar-refractivity contribution < 1.29 is 9.13 Å². The first-order valence-electron chi connectivity index (χ1n) is 5.36. The molecule has 0 fully saturated rings. The third kappa shape index (κ3) is 3.30. The molecule has 3 nitrogen and oxygen atoms in total. The number of rotatable bonds is 3. The zero-order valence-corrected chi connectivity index (χ0v) is 13.7. The van der Waals surface area contributed by atoms with Crippen LogP contribution in [0, 0.1) is 9.39 Å². The Kier molecular flexibility index (Phi) is 4.51. The Morgan fingerprint density at radius 1 is 1.32 bits per heavy atom. The number of halogens is 3. The normalized spacial score (nSPS) is 10.3. The zero-order valence-electron chi connectivity index (χ0n) is 10.0. The van der Waals surface area contributed by atoms with Crippen molar-refractivity contribution in [2.45, 2.75) is 0 Å². The average Bonchev–Trinajstić information content (AvgIpc) is 2.36. The van der Waals surface area contributed by atoms with E-state index in [4.69, 9.17) is 10.5 Å². The Morgan fingerprint density at radius 2 is 2.05 bits per heavy atom. The van der Waals surface area contributed by atoms with Gasteiger partial charge in [0.2, 0.25) is 0 Å². The molecule has 0 spiro atoms. The van der Waals surface area contributed by atoms with Crippen molar-refractivity contribution in [3.8, 4) is 5.75 Å². The smallest absolute Gasteiger partial charge is 0.138 e. The van der Waals surface area contributed by atoms with Crippen LogP contribution in [0.2, 0.25) is 0 Å². The summed E-state index contributed by atoms with van der Waals surface area (Å²) in [5.74, 6) is 0.428. The van der Waals surface area contributed by atoms with E-state index in [9.17, 15) is 4.39 Å². The van der Waals surface area contributed by atoms with Gasteiger partial charge < -0.3 is 15.8 Å². The zero-order chi connectivity index (χ0) is 14.0. The van der Waals surface area contributed by atoms with E-state index in [1.807, 2.05) is 40.8 Å². The molecule has 2 aromatic carbocycles. The number of nitrogens with two attached hydrogens (primary N) is 1. The lowest BCUT2D eigenvalue weighted by Gasteiger charge is -2.12. The van der Waals surface area contributed by atoms with Crippen molar-refractivity contribution in [2.75, 3.05) is 18.2 Å². The fraction of sp³-hybridized carbons (Fsp3) is 0.0769. The number of hydrogen-bond acceptors (Lipinski definition) is 3. The lowest BCUT2D eigenvalue weighted by Crippen LogP contribution is -1.99. The van der Waals surface area contributed by atoms with Gasteiger partial charge in [-0.2, -0.15) is 0 Å². The van der Waals surface area contributed by atoms with E-state index in [0.29, 0.717) is 14.9 Å². The Balaban J connectivity index is 2.31. The topological polar surface area (TPSA) is 47.3 Å². The summed E-state index contributed by atoms with van der Waals surface area (Å²) in [6, 6.07) is 8.46. The van der Waals surface area contributed by atoms with Gasteiger partial charge >= 0.3 is 0 Å². The molecule has 0 aliphatic carbocycles. The van der Waals surface area contributed by atoms with Crippen LogP contribution >= 0.6 is 38.5 Å². The maximum Gasteiger partial charge on any atom is 0.138 e. The molecule has 19 heavy (non-hydrogen) atoms. The largest absolute Gasteiger partial charge is 0.496 e. The molecule has 0 bridgehead atoms. The SMILES string of the molecule is COc1ccc(Nc2cc(F)c(I)cc2N)cc1Br. The maximum absolute atomic E-state index is 13.5. The number of ether oxygens (including phenoxy) is 1. The first-order valence-corrected chi connectivity index (χ1v) is 7.23. The highest BCUT2D eigenvalue weighted by atomic mass is 127. The Labute approximate surface area is 132 Å². The van der Waals surface area contributed by atoms with E-state index in [1.165, 1.54) is 6.07 Å². The molecule has 0 aliphatic heterocycles. The number of methoxy groups -OCH3 is 1. The molecule has 100 valence electrons. The van der Waals surface area contributed by atoms with Crippen molar-refractivity contribution in [2.24, 2.45) is 0 Å². The average molecular weight is 437 g/mol. The molecular weight excluding hydrogens is 426 g/mol. The Morgan fingerprint density at radius 3 is 2.68 bits per heavy atom. The summed E-state index contributed by atoms with van der Waals surface area (Å²) in [7, 11) is 1.60. The summed E-state index contributed by atoms with van der Waals surface area (Å²) >= 11 is 5.30. The van der Waals surface area contributed by atoms with Gasteiger partial charge in [0.05, 0.1) is 26.5 Å². The molecule has 0 unspecified atom stereocenters. The summed E-state index contributed by atoms with van der Waals surface area (Å²) in [5.41, 5.74) is 7.69. The van der Waals surface area contributed by atoms with Gasteiger partial charge in [0.25, 0.3) is 0 Å². The highest BCUT2D eigenvalue weighted by molar-refractivity contribution is 14.1. The third-order valence-corrected chi connectivity index (χ3v) is 3.97. The number of anilines is 3. The predicted molar refractivity (Wildman–Crippen MR) is 87.5 cm³/mol. The highest BCUT2D eigenvalue weighted by Crippen LogP contribution is 2.31. The second kappa shape index (κ2) is 5.96. The first-order chi connectivity index (χ1) is 9.01. The molecule has 3 N–H and O–H groups in total. The predicted octanol–water partition coefficient (Wildman–Crippen LogP) is 4.53. The molecule has 0 heterocycles. The van der Waals surface area contributed by atoms with Gasteiger partial charge in [-0.3, -0.25) is 0 Å². The molecular formula is C13H11BrFIN2O. The van der Waals surface area contributed by atoms with Crippen LogP contribution in [0.4, 0.5) is 21.5 Å². The van der Waals surface area contributed by atoms with Gasteiger partial charge in [0, 0.05) is 11.8 Å². The molecule has 0 saturated heterocycles. The monoisotopic (exact) mass is 436 g/mol. The summed E-state index contributed by atoms with van der Waals surface area (Å²) in [5, 5.41) is 3.08. The molecule has 6 heteroatoms. The van der Waals surface area contributed by atoms with Crippen LogP contribution in [-0.2, 0) is 0 Å². The van der Waals surface area contributed by atoms with E-state index in [-0.39, 0.29) is 5.82 Å². The fourth-order valence-corrected chi connectivity index (χ4v) is 2.60. The summed E-state index contributed by atoms with van der Waals surface area (Å²) in [6.07, 6.45) is 0. The van der Waals surface area contributed by atoms with E-state index in [1.54, 1.807) is 13.2 Å². The standard InChI is InChI=1S/C13H11BrFIN2O/c1-19-13-3-2-7(4-8(13)14)18-12-5-9(15)10(16)6-11(12)17/h2-6,18H,17H2,1H3. The highest BCUT2D eigenvalue weighted by Gasteiger charge is 2.07. The molecule has 0 radical (unpaired) electrons. The van der Waals surface area contributed by atoms with Gasteiger partial charge in [-0.25, -0.2) is 4.39 Å².